The minimum absolute atomic E-state index is 0.115. The Hall–Kier alpha value is -4.39. The van der Waals surface area contributed by atoms with E-state index in [0.29, 0.717) is 22.7 Å². The molecule has 7 nitrogen and oxygen atoms in total. The maximum Gasteiger partial charge on any atom is 0.238 e. The van der Waals surface area contributed by atoms with E-state index in [1.54, 1.807) is 18.2 Å². The van der Waals surface area contributed by atoms with Crippen molar-refractivity contribution < 1.29 is 23.9 Å². The van der Waals surface area contributed by atoms with Gasteiger partial charge in [0.15, 0.2) is 11.6 Å². The van der Waals surface area contributed by atoms with E-state index in [9.17, 15) is 14.4 Å². The Morgan fingerprint density at radius 1 is 0.950 bits per heavy atom. The van der Waals surface area contributed by atoms with Gasteiger partial charge in [0, 0.05) is 17.3 Å². The summed E-state index contributed by atoms with van der Waals surface area (Å²) in [6, 6.07) is 18.9. The van der Waals surface area contributed by atoms with E-state index in [0.717, 1.165) is 11.1 Å². The highest BCUT2D eigenvalue weighted by Gasteiger charge is 2.71. The molecule has 0 unspecified atom stereocenters. The molecule has 4 atom stereocenters. The summed E-state index contributed by atoms with van der Waals surface area (Å²) in [7, 11) is 3.03. The van der Waals surface area contributed by atoms with Gasteiger partial charge in [0.2, 0.25) is 5.91 Å². The molecule has 7 heteroatoms. The molecule has 3 aromatic rings. The fraction of sp³-hybridized carbons (Fsp3) is 0.303. The summed E-state index contributed by atoms with van der Waals surface area (Å²) >= 11 is 0. The summed E-state index contributed by atoms with van der Waals surface area (Å²) < 4.78 is 11.1. The van der Waals surface area contributed by atoms with Crippen molar-refractivity contribution in [1.82, 2.24) is 4.90 Å². The highest BCUT2D eigenvalue weighted by Crippen LogP contribution is 2.62. The van der Waals surface area contributed by atoms with Gasteiger partial charge in [-0.3, -0.25) is 14.4 Å². The first-order valence-electron chi connectivity index (χ1n) is 13.4. The standard InChI is InChI=1S/C33H32N2O5/c1-32(2,3)30(37)27-26(28(36)22-18-20(39-4)14-15-25(22)40-5)33(23-12-8-9-13-24(23)34-31(33)38)29-21-11-7-6-10-19(21)16-17-35(27)29/h6-18,26-27,29H,1-5H3,(H,34,38)/t26-,27+,29+,33-/m0/s1. The third kappa shape index (κ3) is 3.46. The lowest BCUT2D eigenvalue weighted by Crippen LogP contribution is -2.50. The van der Waals surface area contributed by atoms with Gasteiger partial charge in [-0.05, 0) is 47.0 Å². The average molecular weight is 537 g/mol. The Bertz CT molecular complexity index is 1590. The van der Waals surface area contributed by atoms with Crippen LogP contribution in [-0.2, 0) is 15.0 Å². The maximum atomic E-state index is 15.0. The summed E-state index contributed by atoms with van der Waals surface area (Å²) in [5.74, 6) is -0.964. The SMILES string of the molecule is COc1ccc(OC)c(C(=O)[C@@H]2[C@H](C(=O)C(C)(C)C)N3C=Cc4ccccc4[C@@H]3[C@@]23C(=O)Nc2ccccc23)c1. The number of ether oxygens (including phenoxy) is 2. The van der Waals surface area contributed by atoms with Crippen LogP contribution in [0.5, 0.6) is 11.5 Å². The first-order valence-corrected chi connectivity index (χ1v) is 13.4. The highest BCUT2D eigenvalue weighted by molar-refractivity contribution is 6.16. The molecule has 40 heavy (non-hydrogen) atoms. The molecule has 0 bridgehead atoms. The van der Waals surface area contributed by atoms with Gasteiger partial charge >= 0.3 is 0 Å². The third-order valence-corrected chi connectivity index (χ3v) is 8.53. The summed E-state index contributed by atoms with van der Waals surface area (Å²) in [6.07, 6.45) is 3.84. The van der Waals surface area contributed by atoms with Crippen LogP contribution in [0.1, 0.15) is 53.9 Å². The van der Waals surface area contributed by atoms with Crippen LogP contribution >= 0.6 is 0 Å². The van der Waals surface area contributed by atoms with Gasteiger partial charge in [0.1, 0.15) is 16.9 Å². The average Bonchev–Trinajstić information content (AvgIpc) is 3.43. The molecule has 1 fully saturated rings. The van der Waals surface area contributed by atoms with E-state index >= 15 is 0 Å². The first-order chi connectivity index (χ1) is 19.1. The first kappa shape index (κ1) is 25.9. The zero-order chi connectivity index (χ0) is 28.4. The van der Waals surface area contributed by atoms with Crippen LogP contribution < -0.4 is 14.8 Å². The zero-order valence-electron chi connectivity index (χ0n) is 23.2. The van der Waals surface area contributed by atoms with Crippen LogP contribution in [0.15, 0.2) is 72.9 Å². The quantitative estimate of drug-likeness (QED) is 0.439. The second kappa shape index (κ2) is 9.08. The molecule has 0 aromatic heterocycles. The van der Waals surface area contributed by atoms with Gasteiger partial charge in [-0.1, -0.05) is 63.2 Å². The Labute approximate surface area is 233 Å². The number of hydrogen-bond donors (Lipinski definition) is 1. The van der Waals surface area contributed by atoms with Crippen molar-refractivity contribution in [2.75, 3.05) is 19.5 Å². The molecule has 204 valence electrons. The Morgan fingerprint density at radius 3 is 2.40 bits per heavy atom. The predicted octanol–water partition coefficient (Wildman–Crippen LogP) is 5.42. The molecule has 3 heterocycles. The van der Waals surface area contributed by atoms with Gasteiger partial charge in [-0.25, -0.2) is 0 Å². The fourth-order valence-electron chi connectivity index (χ4n) is 6.79. The number of fused-ring (bicyclic) bond motifs is 6. The third-order valence-electron chi connectivity index (χ3n) is 8.53. The number of benzene rings is 3. The van der Waals surface area contributed by atoms with Crippen LogP contribution in [0.2, 0.25) is 0 Å². The van der Waals surface area contributed by atoms with Crippen LogP contribution in [0.3, 0.4) is 0 Å². The van der Waals surface area contributed by atoms with E-state index in [1.807, 2.05) is 86.5 Å². The second-order valence-electron chi connectivity index (χ2n) is 11.6. The van der Waals surface area contributed by atoms with E-state index in [1.165, 1.54) is 14.2 Å². The lowest BCUT2D eigenvalue weighted by atomic mass is 9.62. The molecule has 3 aliphatic heterocycles. The van der Waals surface area contributed by atoms with Crippen molar-refractivity contribution in [2.45, 2.75) is 38.3 Å². The van der Waals surface area contributed by atoms with Crippen molar-refractivity contribution in [2.24, 2.45) is 11.3 Å². The Balaban J connectivity index is 1.70. The summed E-state index contributed by atoms with van der Waals surface area (Å²) in [6.45, 7) is 5.56. The van der Waals surface area contributed by atoms with Crippen molar-refractivity contribution >= 4 is 29.2 Å². The molecular formula is C33H32N2O5. The van der Waals surface area contributed by atoms with Crippen molar-refractivity contribution in [3.05, 3.63) is 95.2 Å². The summed E-state index contributed by atoms with van der Waals surface area (Å²) in [4.78, 5) is 45.8. The normalized spacial score (nSPS) is 24.3. The van der Waals surface area contributed by atoms with Gasteiger partial charge in [0.25, 0.3) is 0 Å². The number of hydrogen-bond acceptors (Lipinski definition) is 6. The highest BCUT2D eigenvalue weighted by atomic mass is 16.5. The number of amides is 1. The molecule has 0 saturated carbocycles. The number of Topliss-reactive ketones (excluding diaryl/α,β-unsaturated/α-hetero) is 2. The molecule has 1 spiro atoms. The smallest absolute Gasteiger partial charge is 0.238 e. The lowest BCUT2D eigenvalue weighted by Gasteiger charge is -2.38. The Kier molecular flexibility index (Phi) is 5.87. The van der Waals surface area contributed by atoms with Crippen molar-refractivity contribution in [1.29, 1.82) is 0 Å². The van der Waals surface area contributed by atoms with E-state index in [4.69, 9.17) is 9.47 Å². The largest absolute Gasteiger partial charge is 0.497 e. The van der Waals surface area contributed by atoms with Gasteiger partial charge in [-0.2, -0.15) is 0 Å². The van der Waals surface area contributed by atoms with E-state index < -0.39 is 28.8 Å². The number of nitrogens with zero attached hydrogens (tertiary/aromatic N) is 1. The maximum absolute atomic E-state index is 15.0. The lowest BCUT2D eigenvalue weighted by molar-refractivity contribution is -0.131. The van der Waals surface area contributed by atoms with Gasteiger partial charge in [0.05, 0.1) is 37.8 Å². The number of nitrogens with one attached hydrogen (secondary N) is 1. The zero-order valence-corrected chi connectivity index (χ0v) is 23.2. The fourth-order valence-corrected chi connectivity index (χ4v) is 6.79. The monoisotopic (exact) mass is 536 g/mol. The van der Waals surface area contributed by atoms with Crippen molar-refractivity contribution in [3.63, 3.8) is 0 Å². The second-order valence-corrected chi connectivity index (χ2v) is 11.6. The molecule has 1 N–H and O–H groups in total. The number of carbonyl (C=O) groups is 3. The molecule has 1 amide bonds. The molecular weight excluding hydrogens is 504 g/mol. The number of ketones is 2. The van der Waals surface area contributed by atoms with Crippen LogP contribution in [0, 0.1) is 11.3 Å². The predicted molar refractivity (Wildman–Crippen MR) is 152 cm³/mol. The summed E-state index contributed by atoms with van der Waals surface area (Å²) in [5, 5.41) is 3.07. The Morgan fingerprint density at radius 2 is 1.68 bits per heavy atom. The molecule has 0 aliphatic carbocycles. The van der Waals surface area contributed by atoms with Gasteiger partial charge < -0.3 is 19.7 Å². The van der Waals surface area contributed by atoms with Crippen molar-refractivity contribution in [3.8, 4) is 11.5 Å². The number of anilines is 1. The molecule has 0 radical (unpaired) electrons. The number of methoxy groups -OCH3 is 2. The number of para-hydroxylation sites is 1. The molecule has 6 rings (SSSR count). The van der Waals surface area contributed by atoms with Crippen LogP contribution in [0.25, 0.3) is 6.08 Å². The van der Waals surface area contributed by atoms with E-state index in [2.05, 4.69) is 5.32 Å². The number of carbonyl (C=O) groups excluding carboxylic acids is 3. The summed E-state index contributed by atoms with van der Waals surface area (Å²) in [5.41, 5.74) is 1.33. The minimum atomic E-state index is -1.38. The van der Waals surface area contributed by atoms with Crippen LogP contribution in [0.4, 0.5) is 5.69 Å². The topological polar surface area (TPSA) is 84.9 Å². The number of rotatable bonds is 5. The van der Waals surface area contributed by atoms with E-state index in [-0.39, 0.29) is 23.0 Å². The minimum Gasteiger partial charge on any atom is -0.497 e. The molecule has 3 aliphatic rings. The molecule has 1 saturated heterocycles. The van der Waals surface area contributed by atoms with Crippen LogP contribution in [-0.4, -0.2) is 42.6 Å². The van der Waals surface area contributed by atoms with Gasteiger partial charge in [-0.15, -0.1) is 0 Å². The molecule has 3 aromatic carbocycles.